The number of nitrogens with zero attached hydrogens (tertiary/aromatic N) is 5. The lowest BCUT2D eigenvalue weighted by molar-refractivity contribution is -0.137. The first kappa shape index (κ1) is 26.7. The van der Waals surface area contributed by atoms with Crippen LogP contribution in [0.4, 0.5) is 18.0 Å². The molecule has 1 aliphatic rings. The summed E-state index contributed by atoms with van der Waals surface area (Å²) in [7, 11) is 0. The van der Waals surface area contributed by atoms with Gasteiger partial charge in [0.2, 0.25) is 5.82 Å². The lowest BCUT2D eigenvalue weighted by atomic mass is 9.93. The Labute approximate surface area is 224 Å². The molecule has 1 N–H and O–H groups in total. The van der Waals surface area contributed by atoms with Crippen molar-refractivity contribution in [1.82, 2.24) is 29.6 Å². The van der Waals surface area contributed by atoms with Crippen molar-refractivity contribution in [2.24, 2.45) is 0 Å². The maximum Gasteiger partial charge on any atom is 0.417 e. The van der Waals surface area contributed by atoms with E-state index in [-0.39, 0.29) is 45.5 Å². The number of hydrogen-bond acceptors (Lipinski definition) is 7. The molecule has 1 aromatic carbocycles. The van der Waals surface area contributed by atoms with Gasteiger partial charge in [-0.2, -0.15) is 23.3 Å². The topological polar surface area (TPSA) is 119 Å². The summed E-state index contributed by atoms with van der Waals surface area (Å²) in [6.45, 7) is 6.29. The number of alkyl halides is 3. The molecule has 1 amide bonds. The normalized spacial score (nSPS) is 15.2. The number of H-pyrrole nitrogens is 1. The Bertz CT molecular complexity index is 1600. The van der Waals surface area contributed by atoms with Crippen LogP contribution < -0.4 is 5.56 Å². The number of piperidine rings is 1. The number of nitrogens with one attached hydrogen (secondary N) is 1. The summed E-state index contributed by atoms with van der Waals surface area (Å²) in [5.74, 6) is -0.520. The predicted molar refractivity (Wildman–Crippen MR) is 134 cm³/mol. The van der Waals surface area contributed by atoms with E-state index in [1.165, 1.54) is 16.8 Å². The van der Waals surface area contributed by atoms with E-state index in [0.29, 0.717) is 31.6 Å². The van der Waals surface area contributed by atoms with Crippen LogP contribution in [0.15, 0.2) is 39.8 Å². The molecule has 14 heteroatoms. The van der Waals surface area contributed by atoms with Gasteiger partial charge in [0, 0.05) is 35.7 Å². The molecule has 4 heterocycles. The summed E-state index contributed by atoms with van der Waals surface area (Å²) >= 11 is 5.93. The molecular weight excluding hydrogens is 541 g/mol. The standard InChI is InChI=1S/C25H24ClF3N6O4/c1-24(2,3)38-23(37)34-8-6-13(7-9-34)18-11-19(36)31-21-16(12-30-35(18)21)22-32-20(33-39-22)15-10-14(26)4-5-17(15)25(27,28)29/h4-5,10-13H,6-9H2,1-3H3,(H,31,36). The number of likely N-dealkylation sites (tertiary alicyclic amines) is 1. The first-order chi connectivity index (χ1) is 18.3. The fraction of sp³-hybridized carbons (Fsp3) is 0.400. The highest BCUT2D eigenvalue weighted by Gasteiger charge is 2.35. The van der Waals surface area contributed by atoms with Gasteiger partial charge in [-0.15, -0.1) is 0 Å². The van der Waals surface area contributed by atoms with Gasteiger partial charge < -0.3 is 19.1 Å². The van der Waals surface area contributed by atoms with E-state index < -0.39 is 22.9 Å². The number of ether oxygens (including phenoxy) is 1. The van der Waals surface area contributed by atoms with Gasteiger partial charge in [0.15, 0.2) is 0 Å². The summed E-state index contributed by atoms with van der Waals surface area (Å²) in [5, 5.41) is 8.18. The van der Waals surface area contributed by atoms with Crippen molar-refractivity contribution in [2.45, 2.75) is 51.3 Å². The number of carbonyl (C=O) groups is 1. The largest absolute Gasteiger partial charge is 0.444 e. The zero-order valence-electron chi connectivity index (χ0n) is 21.2. The molecule has 0 spiro atoms. The smallest absolute Gasteiger partial charge is 0.417 e. The minimum absolute atomic E-state index is 0.0759. The summed E-state index contributed by atoms with van der Waals surface area (Å²) in [6, 6.07) is 4.53. The van der Waals surface area contributed by atoms with E-state index in [2.05, 4.69) is 20.2 Å². The van der Waals surface area contributed by atoms with Gasteiger partial charge in [-0.3, -0.25) is 4.79 Å². The van der Waals surface area contributed by atoms with E-state index in [0.717, 1.165) is 18.2 Å². The number of carbonyl (C=O) groups excluding carboxylic acids is 1. The molecule has 1 saturated heterocycles. The maximum atomic E-state index is 13.5. The molecule has 39 heavy (non-hydrogen) atoms. The number of hydrogen-bond donors (Lipinski definition) is 1. The fourth-order valence-corrected chi connectivity index (χ4v) is 4.71. The van der Waals surface area contributed by atoms with Crippen molar-refractivity contribution in [3.8, 4) is 22.8 Å². The molecular formula is C25H24ClF3N6O4. The van der Waals surface area contributed by atoms with Gasteiger partial charge >= 0.3 is 12.3 Å². The summed E-state index contributed by atoms with van der Waals surface area (Å²) < 4.78 is 52.9. The Hall–Kier alpha value is -3.87. The van der Waals surface area contributed by atoms with Crippen LogP contribution in [-0.4, -0.2) is 54.4 Å². The number of halogens is 4. The van der Waals surface area contributed by atoms with Crippen LogP contribution in [0.5, 0.6) is 0 Å². The van der Waals surface area contributed by atoms with Crippen LogP contribution in [0.25, 0.3) is 28.5 Å². The zero-order chi connectivity index (χ0) is 28.1. The third kappa shape index (κ3) is 5.49. The van der Waals surface area contributed by atoms with Gasteiger partial charge in [-0.1, -0.05) is 16.8 Å². The van der Waals surface area contributed by atoms with Crippen LogP contribution >= 0.6 is 11.6 Å². The van der Waals surface area contributed by atoms with Crippen molar-refractivity contribution < 1.29 is 27.2 Å². The minimum atomic E-state index is -4.66. The fourth-order valence-electron chi connectivity index (χ4n) is 4.54. The minimum Gasteiger partial charge on any atom is -0.444 e. The number of rotatable bonds is 3. The Kier molecular flexibility index (Phi) is 6.65. The number of aromatic nitrogens is 5. The summed E-state index contributed by atoms with van der Waals surface area (Å²) in [5.41, 5.74) is -1.19. The summed E-state index contributed by atoms with van der Waals surface area (Å²) in [4.78, 5) is 33.5. The van der Waals surface area contributed by atoms with Gasteiger partial charge in [0.25, 0.3) is 11.4 Å². The lowest BCUT2D eigenvalue weighted by Crippen LogP contribution is -2.41. The van der Waals surface area contributed by atoms with E-state index in [4.69, 9.17) is 20.9 Å². The molecule has 0 bridgehead atoms. The highest BCUT2D eigenvalue weighted by atomic mass is 35.5. The number of amides is 1. The molecule has 0 unspecified atom stereocenters. The van der Waals surface area contributed by atoms with E-state index in [9.17, 15) is 22.8 Å². The Morgan fingerprint density at radius 3 is 2.54 bits per heavy atom. The van der Waals surface area contributed by atoms with Crippen LogP contribution in [0.2, 0.25) is 5.02 Å². The van der Waals surface area contributed by atoms with E-state index in [1.807, 2.05) is 0 Å². The molecule has 5 rings (SSSR count). The lowest BCUT2D eigenvalue weighted by Gasteiger charge is -2.33. The third-order valence-corrected chi connectivity index (χ3v) is 6.52. The van der Waals surface area contributed by atoms with Crippen LogP contribution in [0.3, 0.4) is 0 Å². The quantitative estimate of drug-likeness (QED) is 0.348. The predicted octanol–water partition coefficient (Wildman–Crippen LogP) is 5.53. The number of benzene rings is 1. The molecule has 0 radical (unpaired) electrons. The average Bonchev–Trinajstić information content (AvgIpc) is 3.49. The number of fused-ring (bicyclic) bond motifs is 1. The molecule has 4 aromatic rings. The van der Waals surface area contributed by atoms with Crippen LogP contribution in [0.1, 0.15) is 50.8 Å². The summed E-state index contributed by atoms with van der Waals surface area (Å²) in [6.07, 6.45) is -2.51. The molecule has 206 valence electrons. The first-order valence-electron chi connectivity index (χ1n) is 12.1. The van der Waals surface area contributed by atoms with E-state index in [1.54, 1.807) is 25.7 Å². The second-order valence-corrected chi connectivity index (χ2v) is 10.7. The maximum absolute atomic E-state index is 13.5. The third-order valence-electron chi connectivity index (χ3n) is 6.28. The van der Waals surface area contributed by atoms with E-state index >= 15 is 0 Å². The highest BCUT2D eigenvalue weighted by molar-refractivity contribution is 6.30. The van der Waals surface area contributed by atoms with Crippen molar-refractivity contribution in [3.05, 3.63) is 57.1 Å². The molecule has 0 saturated carbocycles. The van der Waals surface area contributed by atoms with Gasteiger partial charge in [0.1, 0.15) is 16.8 Å². The molecule has 0 aliphatic carbocycles. The van der Waals surface area contributed by atoms with Gasteiger partial charge in [0.05, 0.1) is 17.5 Å². The molecule has 1 aliphatic heterocycles. The average molecular weight is 565 g/mol. The number of aromatic amines is 1. The first-order valence-corrected chi connectivity index (χ1v) is 12.5. The zero-order valence-corrected chi connectivity index (χ0v) is 21.9. The molecule has 10 nitrogen and oxygen atoms in total. The Morgan fingerprint density at radius 2 is 1.87 bits per heavy atom. The van der Waals surface area contributed by atoms with Crippen LogP contribution in [0, 0.1) is 0 Å². The van der Waals surface area contributed by atoms with Crippen molar-refractivity contribution in [1.29, 1.82) is 0 Å². The Morgan fingerprint density at radius 1 is 1.15 bits per heavy atom. The van der Waals surface area contributed by atoms with Gasteiger partial charge in [-0.05, 0) is 51.8 Å². The van der Waals surface area contributed by atoms with Crippen LogP contribution in [-0.2, 0) is 10.9 Å². The second kappa shape index (κ2) is 9.70. The SMILES string of the molecule is CC(C)(C)OC(=O)N1CCC(c2cc(=O)[nH]c3c(-c4nc(-c5cc(Cl)ccc5C(F)(F)F)no4)cnn23)CC1. The molecule has 0 atom stereocenters. The van der Waals surface area contributed by atoms with Gasteiger partial charge in [-0.25, -0.2) is 9.31 Å². The van der Waals surface area contributed by atoms with Crippen molar-refractivity contribution in [2.75, 3.05) is 13.1 Å². The monoisotopic (exact) mass is 564 g/mol. The molecule has 3 aromatic heterocycles. The van der Waals surface area contributed by atoms with Crippen molar-refractivity contribution in [3.63, 3.8) is 0 Å². The second-order valence-electron chi connectivity index (χ2n) is 10.2. The molecule has 1 fully saturated rings. The van der Waals surface area contributed by atoms with Crippen molar-refractivity contribution >= 4 is 23.3 Å². The highest BCUT2D eigenvalue weighted by Crippen LogP contribution is 2.38. The Balaban J connectivity index is 1.44.